The molecular weight excluding hydrogens is 495 g/mol. The topological polar surface area (TPSA) is 53.0 Å². The molecule has 0 radical (unpaired) electrons. The smallest absolute Gasteiger partial charge is 0.227 e. The Bertz CT molecular complexity index is 1220. The largest absolute Gasteiger partial charge is 0.508 e. The second-order valence-electron chi connectivity index (χ2n) is 11.6. The fraction of sp³-hybridized carbons (Fsp3) is 0.552. The summed E-state index contributed by atoms with van der Waals surface area (Å²) in [5, 5.41) is 11.8. The number of phenols is 1. The van der Waals surface area contributed by atoms with Gasteiger partial charge in [0, 0.05) is 29.1 Å². The molecule has 5 atom stereocenters. The van der Waals surface area contributed by atoms with E-state index in [2.05, 4.69) is 30.7 Å². The van der Waals surface area contributed by atoms with Crippen molar-refractivity contribution >= 4 is 29.1 Å². The van der Waals surface area contributed by atoms with Crippen LogP contribution in [0.15, 0.2) is 30.3 Å². The third kappa shape index (κ3) is 3.57. The first-order valence-corrected chi connectivity index (χ1v) is 13.9. The number of halogens is 2. The number of nitrogens with zero attached hydrogens (tertiary/aromatic N) is 2. The van der Waals surface area contributed by atoms with Crippen molar-refractivity contribution in [1.29, 1.82) is 0 Å². The van der Waals surface area contributed by atoms with E-state index in [-0.39, 0.29) is 29.9 Å². The van der Waals surface area contributed by atoms with Crippen molar-refractivity contribution < 1.29 is 14.6 Å². The van der Waals surface area contributed by atoms with Gasteiger partial charge in [-0.1, -0.05) is 43.1 Å². The van der Waals surface area contributed by atoms with Crippen molar-refractivity contribution in [1.82, 2.24) is 9.80 Å². The lowest BCUT2D eigenvalue weighted by Gasteiger charge is -2.60. The van der Waals surface area contributed by atoms with Crippen molar-refractivity contribution in [3.63, 3.8) is 0 Å². The summed E-state index contributed by atoms with van der Waals surface area (Å²) >= 11 is 12.4. The van der Waals surface area contributed by atoms with Crippen LogP contribution in [-0.2, 0) is 23.1 Å². The van der Waals surface area contributed by atoms with Gasteiger partial charge in [0.1, 0.15) is 17.6 Å². The lowest BCUT2D eigenvalue weighted by molar-refractivity contribution is -0.142. The van der Waals surface area contributed by atoms with Gasteiger partial charge in [-0.25, -0.2) is 0 Å². The number of amides is 1. The van der Waals surface area contributed by atoms with Gasteiger partial charge in [0.25, 0.3) is 0 Å². The van der Waals surface area contributed by atoms with E-state index in [1.807, 2.05) is 12.1 Å². The van der Waals surface area contributed by atoms with Crippen LogP contribution in [0.3, 0.4) is 0 Å². The van der Waals surface area contributed by atoms with Crippen LogP contribution >= 0.6 is 23.2 Å². The molecule has 1 amide bonds. The minimum atomic E-state index is -0.152. The minimum absolute atomic E-state index is 0.0107. The normalized spacial score (nSPS) is 30.2. The molecule has 0 unspecified atom stereocenters. The summed E-state index contributed by atoms with van der Waals surface area (Å²) in [7, 11) is 2.21. The summed E-state index contributed by atoms with van der Waals surface area (Å²) in [6.45, 7) is 6.01. The molecule has 2 bridgehead atoms. The van der Waals surface area contributed by atoms with Crippen LogP contribution in [0.25, 0.3) is 0 Å². The molecule has 2 aromatic rings. The summed E-state index contributed by atoms with van der Waals surface area (Å²) < 4.78 is 6.82. The number of likely N-dealkylation sites (tertiary alicyclic amines) is 1. The average Bonchev–Trinajstić information content (AvgIpc) is 3.17. The summed E-state index contributed by atoms with van der Waals surface area (Å²) in [4.78, 5) is 18.5. The monoisotopic (exact) mass is 528 g/mol. The lowest BCUT2D eigenvalue weighted by Crippen LogP contribution is -2.69. The zero-order valence-electron chi connectivity index (χ0n) is 21.1. The number of carbonyl (C=O) groups is 1. The molecular formula is C29H34Cl2N2O3. The summed E-state index contributed by atoms with van der Waals surface area (Å²) in [6.07, 6.45) is 4.03. The number of rotatable bonds is 5. The summed E-state index contributed by atoms with van der Waals surface area (Å²) in [6, 6.07) is 9.55. The predicted molar refractivity (Wildman–Crippen MR) is 142 cm³/mol. The highest BCUT2D eigenvalue weighted by atomic mass is 35.5. The first-order chi connectivity index (χ1) is 17.2. The maximum absolute atomic E-state index is 13.9. The highest BCUT2D eigenvalue weighted by molar-refractivity contribution is 6.42. The Morgan fingerprint density at radius 3 is 2.78 bits per heavy atom. The van der Waals surface area contributed by atoms with E-state index in [9.17, 15) is 9.90 Å². The number of piperidine rings is 1. The second kappa shape index (κ2) is 8.82. The maximum atomic E-state index is 13.9. The van der Waals surface area contributed by atoms with Gasteiger partial charge in [0.05, 0.1) is 22.5 Å². The first kappa shape index (κ1) is 24.4. The highest BCUT2D eigenvalue weighted by Gasteiger charge is 2.66. The van der Waals surface area contributed by atoms with Crippen LogP contribution in [0, 0.1) is 11.8 Å². The Morgan fingerprint density at radius 2 is 2.03 bits per heavy atom. The Hall–Kier alpha value is -1.95. The molecule has 5 nitrogen and oxygen atoms in total. The highest BCUT2D eigenvalue weighted by Crippen LogP contribution is 2.63. The molecule has 4 aliphatic rings. The Morgan fingerprint density at radius 1 is 1.22 bits per heavy atom. The lowest BCUT2D eigenvalue weighted by atomic mass is 9.51. The molecule has 36 heavy (non-hydrogen) atoms. The van der Waals surface area contributed by atoms with Crippen LogP contribution < -0.4 is 4.74 Å². The number of carbonyl (C=O) groups excluding carboxylic acids is 1. The number of likely N-dealkylation sites (N-methyl/N-ethyl adjacent to an activating group) is 1. The van der Waals surface area contributed by atoms with E-state index in [0.29, 0.717) is 40.2 Å². The maximum Gasteiger partial charge on any atom is 0.227 e. The van der Waals surface area contributed by atoms with Crippen LogP contribution in [0.5, 0.6) is 11.5 Å². The van der Waals surface area contributed by atoms with Crippen molar-refractivity contribution in [2.24, 2.45) is 11.8 Å². The van der Waals surface area contributed by atoms with Gasteiger partial charge in [-0.05, 0) is 80.9 Å². The van der Waals surface area contributed by atoms with Crippen LogP contribution in [0.4, 0.5) is 0 Å². The first-order valence-electron chi connectivity index (χ1n) is 13.2. The number of ether oxygens (including phenoxy) is 1. The second-order valence-corrected chi connectivity index (χ2v) is 12.4. The fourth-order valence-corrected chi connectivity index (χ4v) is 8.10. The molecule has 192 valence electrons. The van der Waals surface area contributed by atoms with Gasteiger partial charge in [0.15, 0.2) is 0 Å². The van der Waals surface area contributed by atoms with Crippen molar-refractivity contribution in [3.8, 4) is 11.5 Å². The predicted octanol–water partition coefficient (Wildman–Crippen LogP) is 5.46. The van der Waals surface area contributed by atoms with E-state index < -0.39 is 0 Å². The van der Waals surface area contributed by atoms with Gasteiger partial charge in [-0.3, -0.25) is 4.79 Å². The van der Waals surface area contributed by atoms with Crippen molar-refractivity contribution in [2.75, 3.05) is 20.1 Å². The van der Waals surface area contributed by atoms with E-state index in [1.165, 1.54) is 5.56 Å². The molecule has 1 spiro atoms. The van der Waals surface area contributed by atoms with E-state index in [1.54, 1.807) is 18.2 Å². The summed E-state index contributed by atoms with van der Waals surface area (Å²) in [5.74, 6) is 2.20. The van der Waals surface area contributed by atoms with E-state index in [4.69, 9.17) is 27.9 Å². The minimum Gasteiger partial charge on any atom is -0.508 e. The molecule has 6 rings (SSSR count). The molecule has 1 saturated heterocycles. The van der Waals surface area contributed by atoms with Crippen molar-refractivity contribution in [3.05, 3.63) is 57.1 Å². The zero-order valence-corrected chi connectivity index (χ0v) is 22.6. The fourth-order valence-electron chi connectivity index (χ4n) is 7.78. The summed E-state index contributed by atoms with van der Waals surface area (Å²) in [5.41, 5.74) is 3.00. The molecule has 2 fully saturated rings. The Kier molecular flexibility index (Phi) is 5.97. The Labute approximate surface area is 223 Å². The number of benzene rings is 2. The average molecular weight is 530 g/mol. The van der Waals surface area contributed by atoms with Crippen molar-refractivity contribution in [2.45, 2.75) is 69.6 Å². The molecule has 1 N–H and O–H groups in total. The van der Waals surface area contributed by atoms with Gasteiger partial charge in [0.2, 0.25) is 5.91 Å². The standard InChI is InChI=1S/C29H34Cl2N2O3/c1-16(2)15-33(26(35)13-17-4-6-20(30)21(31)12-17)22-7-5-19-23-14-18-24(34)8-9-25-27(18)29(19,28(22)36-25)10-11-32(23)3/h4,6,8-9,12,16,19,22-23,28,34H,5,7,10-11,13-15H2,1-3H3/t19-,22+,23+,28-,29-/m0/s1. The molecule has 1 saturated carbocycles. The molecule has 2 aliphatic carbocycles. The van der Waals surface area contributed by atoms with Crippen LogP contribution in [-0.4, -0.2) is 59.1 Å². The number of hydrogen-bond acceptors (Lipinski definition) is 4. The molecule has 2 aromatic carbocycles. The van der Waals surface area contributed by atoms with Gasteiger partial charge < -0.3 is 19.6 Å². The van der Waals surface area contributed by atoms with Gasteiger partial charge in [-0.2, -0.15) is 0 Å². The number of aromatic hydroxyl groups is 1. The third-order valence-corrected chi connectivity index (χ3v) is 9.94. The zero-order chi connectivity index (χ0) is 25.4. The van der Waals surface area contributed by atoms with Crippen LogP contribution in [0.2, 0.25) is 10.0 Å². The van der Waals surface area contributed by atoms with Gasteiger partial charge in [-0.15, -0.1) is 0 Å². The number of hydrogen-bond donors (Lipinski definition) is 1. The van der Waals surface area contributed by atoms with Crippen LogP contribution in [0.1, 0.15) is 49.8 Å². The molecule has 0 aromatic heterocycles. The Balaban J connectivity index is 1.39. The molecule has 7 heteroatoms. The third-order valence-electron chi connectivity index (χ3n) is 9.21. The van der Waals surface area contributed by atoms with Gasteiger partial charge >= 0.3 is 0 Å². The molecule has 2 heterocycles. The quantitative estimate of drug-likeness (QED) is 0.559. The van der Waals surface area contributed by atoms with E-state index >= 15 is 0 Å². The SMILES string of the molecule is CC(C)CN(C(=O)Cc1ccc(Cl)c(Cl)c1)[C@@H]1CC[C@H]2[C@H]3Cc4c(O)ccc5c4[C@@]2(CCN3C)[C@H]1O5. The molecule has 2 aliphatic heterocycles. The van der Waals surface area contributed by atoms with E-state index in [0.717, 1.165) is 49.1 Å². The number of phenolic OH excluding ortho intramolecular Hbond substituents is 1.